The number of aromatic nitrogens is 2. The summed E-state index contributed by atoms with van der Waals surface area (Å²) in [7, 11) is 0. The molecule has 1 aromatic heterocycles. The maximum atomic E-state index is 13.2. The van der Waals surface area contributed by atoms with Crippen LogP contribution >= 0.6 is 27.7 Å². The van der Waals surface area contributed by atoms with Crippen molar-refractivity contribution in [2.75, 3.05) is 5.75 Å². The van der Waals surface area contributed by atoms with Gasteiger partial charge in [-0.05, 0) is 53.9 Å². The number of aryl methyl sites for hydroxylation is 1. The minimum absolute atomic E-state index is 0.0629. The molecule has 6 nitrogen and oxygen atoms in total. The van der Waals surface area contributed by atoms with Gasteiger partial charge in [0.25, 0.3) is 11.5 Å². The molecule has 166 valence electrons. The van der Waals surface area contributed by atoms with Crippen molar-refractivity contribution < 1.29 is 4.79 Å². The third-order valence-corrected chi connectivity index (χ3v) is 6.42. The molecule has 33 heavy (non-hydrogen) atoms. The Balaban J connectivity index is 1.53. The summed E-state index contributed by atoms with van der Waals surface area (Å²) in [6, 6.07) is 22.6. The molecule has 0 unspecified atom stereocenters. The molecule has 0 radical (unpaired) electrons. The Bertz CT molecular complexity index is 1370. The van der Waals surface area contributed by atoms with Crippen LogP contribution in [0.4, 0.5) is 0 Å². The molecule has 0 saturated heterocycles. The molecule has 0 aliphatic heterocycles. The fourth-order valence-corrected chi connectivity index (χ4v) is 4.28. The Labute approximate surface area is 203 Å². The third kappa shape index (κ3) is 5.58. The topological polar surface area (TPSA) is 76.3 Å². The van der Waals surface area contributed by atoms with Crippen molar-refractivity contribution in [3.63, 3.8) is 0 Å². The van der Waals surface area contributed by atoms with Crippen LogP contribution in [0, 0.1) is 0 Å². The van der Waals surface area contributed by atoms with Gasteiger partial charge in [-0.25, -0.2) is 10.4 Å². The van der Waals surface area contributed by atoms with Gasteiger partial charge in [0.1, 0.15) is 0 Å². The van der Waals surface area contributed by atoms with Crippen LogP contribution in [-0.2, 0) is 11.2 Å². The number of nitrogens with zero attached hydrogens (tertiary/aromatic N) is 3. The first-order chi connectivity index (χ1) is 16.0. The zero-order valence-electron chi connectivity index (χ0n) is 17.9. The summed E-state index contributed by atoms with van der Waals surface area (Å²) in [5, 5.41) is 5.00. The maximum Gasteiger partial charge on any atom is 0.266 e. The van der Waals surface area contributed by atoms with E-state index in [-0.39, 0.29) is 17.2 Å². The van der Waals surface area contributed by atoms with Gasteiger partial charge < -0.3 is 0 Å². The van der Waals surface area contributed by atoms with Crippen LogP contribution in [-0.4, -0.2) is 27.4 Å². The van der Waals surface area contributed by atoms with Gasteiger partial charge in [0.15, 0.2) is 5.16 Å². The number of nitrogens with one attached hydrogen (secondary N) is 1. The lowest BCUT2D eigenvalue weighted by atomic mass is 10.1. The highest BCUT2D eigenvalue weighted by molar-refractivity contribution is 9.10. The highest BCUT2D eigenvalue weighted by Crippen LogP contribution is 2.22. The standard InChI is InChI=1S/C25H21BrN4O2S/c1-2-17-7-9-18(10-8-17)15-27-29-23(31)16-33-25-28-22-6-4-3-5-21(22)24(32)30(25)20-13-11-19(26)12-14-20/h3-15H,2,16H2,1H3,(H,29,31). The Morgan fingerprint density at radius 2 is 1.82 bits per heavy atom. The van der Waals surface area contributed by atoms with Gasteiger partial charge in [0, 0.05) is 4.47 Å². The van der Waals surface area contributed by atoms with Gasteiger partial charge in [-0.1, -0.05) is 71.0 Å². The van der Waals surface area contributed by atoms with Crippen molar-refractivity contribution in [2.45, 2.75) is 18.5 Å². The minimum Gasteiger partial charge on any atom is -0.272 e. The lowest BCUT2D eigenvalue weighted by Gasteiger charge is -2.13. The van der Waals surface area contributed by atoms with Crippen LogP contribution in [0.15, 0.2) is 92.3 Å². The summed E-state index contributed by atoms with van der Waals surface area (Å²) in [5.74, 6) is -0.223. The number of hydrogen-bond donors (Lipinski definition) is 1. The zero-order chi connectivity index (χ0) is 23.2. The fraction of sp³-hybridized carbons (Fsp3) is 0.120. The zero-order valence-corrected chi connectivity index (χ0v) is 20.3. The number of carbonyl (C=O) groups excluding carboxylic acids is 1. The maximum absolute atomic E-state index is 13.2. The largest absolute Gasteiger partial charge is 0.272 e. The Morgan fingerprint density at radius 1 is 1.09 bits per heavy atom. The summed E-state index contributed by atoms with van der Waals surface area (Å²) in [4.78, 5) is 30.3. The quantitative estimate of drug-likeness (QED) is 0.162. The molecule has 4 aromatic rings. The number of fused-ring (bicyclic) bond motifs is 1. The van der Waals surface area contributed by atoms with E-state index in [0.29, 0.717) is 21.7 Å². The predicted molar refractivity (Wildman–Crippen MR) is 137 cm³/mol. The second kappa shape index (κ2) is 10.6. The van der Waals surface area contributed by atoms with Crippen molar-refractivity contribution >= 4 is 50.7 Å². The second-order valence-electron chi connectivity index (χ2n) is 7.21. The number of rotatable bonds is 7. The van der Waals surface area contributed by atoms with Gasteiger partial charge in [-0.3, -0.25) is 14.2 Å². The summed E-state index contributed by atoms with van der Waals surface area (Å²) in [6.07, 6.45) is 2.58. The normalized spacial score (nSPS) is 11.2. The molecule has 0 bridgehead atoms. The predicted octanol–water partition coefficient (Wildman–Crippen LogP) is 4.95. The lowest BCUT2D eigenvalue weighted by molar-refractivity contribution is -0.118. The van der Waals surface area contributed by atoms with Crippen LogP contribution in [0.2, 0.25) is 0 Å². The van der Waals surface area contributed by atoms with E-state index in [1.807, 2.05) is 60.7 Å². The van der Waals surface area contributed by atoms with E-state index in [4.69, 9.17) is 0 Å². The second-order valence-corrected chi connectivity index (χ2v) is 9.06. The van der Waals surface area contributed by atoms with E-state index < -0.39 is 0 Å². The van der Waals surface area contributed by atoms with Crippen molar-refractivity contribution in [3.8, 4) is 5.69 Å². The Kier molecular flexibility index (Phi) is 7.36. The number of amides is 1. The van der Waals surface area contributed by atoms with Gasteiger partial charge in [0.05, 0.1) is 28.6 Å². The van der Waals surface area contributed by atoms with Crippen molar-refractivity contribution in [2.24, 2.45) is 5.10 Å². The molecule has 0 atom stereocenters. The first-order valence-corrected chi connectivity index (χ1v) is 12.1. The number of halogens is 1. The number of para-hydroxylation sites is 1. The van der Waals surface area contributed by atoms with Gasteiger partial charge in [-0.15, -0.1) is 0 Å². The lowest BCUT2D eigenvalue weighted by Crippen LogP contribution is -2.24. The number of carbonyl (C=O) groups is 1. The van der Waals surface area contributed by atoms with E-state index in [1.54, 1.807) is 18.3 Å². The molecular weight excluding hydrogens is 500 g/mol. The van der Waals surface area contributed by atoms with Gasteiger partial charge >= 0.3 is 0 Å². The molecule has 1 N–H and O–H groups in total. The molecule has 0 spiro atoms. The molecular formula is C25H21BrN4O2S. The van der Waals surface area contributed by atoms with E-state index in [1.165, 1.54) is 21.9 Å². The summed E-state index contributed by atoms with van der Waals surface area (Å²) >= 11 is 4.61. The van der Waals surface area contributed by atoms with E-state index in [0.717, 1.165) is 16.5 Å². The molecule has 0 aliphatic rings. The molecule has 0 fully saturated rings. The number of thioether (sulfide) groups is 1. The third-order valence-electron chi connectivity index (χ3n) is 4.95. The van der Waals surface area contributed by atoms with Crippen LogP contribution in [0.25, 0.3) is 16.6 Å². The summed E-state index contributed by atoms with van der Waals surface area (Å²) in [5.41, 5.74) is 5.77. The molecule has 0 saturated carbocycles. The number of hydrazone groups is 1. The first kappa shape index (κ1) is 22.9. The fourth-order valence-electron chi connectivity index (χ4n) is 3.21. The molecule has 1 heterocycles. The van der Waals surface area contributed by atoms with Crippen molar-refractivity contribution in [1.29, 1.82) is 0 Å². The first-order valence-electron chi connectivity index (χ1n) is 10.4. The van der Waals surface area contributed by atoms with E-state index >= 15 is 0 Å². The van der Waals surface area contributed by atoms with Crippen molar-refractivity contribution in [3.05, 3.63) is 98.7 Å². The Hall–Kier alpha value is -3.23. The monoisotopic (exact) mass is 520 g/mol. The number of hydrogen-bond acceptors (Lipinski definition) is 5. The van der Waals surface area contributed by atoms with Crippen LogP contribution in [0.1, 0.15) is 18.1 Å². The molecule has 1 amide bonds. The van der Waals surface area contributed by atoms with E-state index in [9.17, 15) is 9.59 Å². The van der Waals surface area contributed by atoms with Gasteiger partial charge in [-0.2, -0.15) is 5.10 Å². The highest BCUT2D eigenvalue weighted by Gasteiger charge is 2.14. The Morgan fingerprint density at radius 3 is 2.55 bits per heavy atom. The molecule has 8 heteroatoms. The summed E-state index contributed by atoms with van der Waals surface area (Å²) < 4.78 is 2.44. The minimum atomic E-state index is -0.286. The van der Waals surface area contributed by atoms with Gasteiger partial charge in [0.2, 0.25) is 0 Å². The average molecular weight is 521 g/mol. The smallest absolute Gasteiger partial charge is 0.266 e. The highest BCUT2D eigenvalue weighted by atomic mass is 79.9. The summed E-state index contributed by atoms with van der Waals surface area (Å²) in [6.45, 7) is 2.10. The average Bonchev–Trinajstić information content (AvgIpc) is 2.84. The van der Waals surface area contributed by atoms with Crippen LogP contribution in [0.3, 0.4) is 0 Å². The number of benzene rings is 3. The van der Waals surface area contributed by atoms with Crippen LogP contribution in [0.5, 0.6) is 0 Å². The molecule has 4 rings (SSSR count). The molecule has 0 aliphatic carbocycles. The SMILES string of the molecule is CCc1ccc(C=NNC(=O)CSc2nc3ccccc3c(=O)n2-c2ccc(Br)cc2)cc1. The molecule has 3 aromatic carbocycles. The van der Waals surface area contributed by atoms with Crippen molar-refractivity contribution in [1.82, 2.24) is 15.0 Å². The van der Waals surface area contributed by atoms with Crippen LogP contribution < -0.4 is 11.0 Å². The van der Waals surface area contributed by atoms with E-state index in [2.05, 4.69) is 38.4 Å².